The summed E-state index contributed by atoms with van der Waals surface area (Å²) in [6, 6.07) is 3.23. The number of nitriles is 1. The molecule has 2 rings (SSSR count). The SMILES string of the molecule is CC(C#N)CNC1CC2CCC(C1)N2C(=O)OC(C)(C)C. The second kappa shape index (κ2) is 6.23. The van der Waals surface area contributed by atoms with Crippen molar-refractivity contribution in [1.29, 1.82) is 5.26 Å². The van der Waals surface area contributed by atoms with Gasteiger partial charge in [0.05, 0.1) is 12.0 Å². The molecule has 21 heavy (non-hydrogen) atoms. The molecule has 2 bridgehead atoms. The average Bonchev–Trinajstić information content (AvgIpc) is 2.65. The van der Waals surface area contributed by atoms with Gasteiger partial charge in [-0.15, -0.1) is 0 Å². The molecule has 2 aliphatic rings. The lowest BCUT2D eigenvalue weighted by molar-refractivity contribution is 0.00468. The Kier molecular flexibility index (Phi) is 4.77. The number of carbonyl (C=O) groups excluding carboxylic acids is 1. The summed E-state index contributed by atoms with van der Waals surface area (Å²) in [6.07, 6.45) is 3.90. The van der Waals surface area contributed by atoms with Gasteiger partial charge in [-0.2, -0.15) is 5.26 Å². The average molecular weight is 293 g/mol. The van der Waals surface area contributed by atoms with Gasteiger partial charge in [0.2, 0.25) is 0 Å². The Bertz CT molecular complexity index is 410. The zero-order valence-electron chi connectivity index (χ0n) is 13.6. The maximum absolute atomic E-state index is 12.3. The van der Waals surface area contributed by atoms with Crippen molar-refractivity contribution in [3.05, 3.63) is 0 Å². The van der Waals surface area contributed by atoms with Crippen molar-refractivity contribution < 1.29 is 9.53 Å². The van der Waals surface area contributed by atoms with Crippen molar-refractivity contribution >= 4 is 6.09 Å². The van der Waals surface area contributed by atoms with Gasteiger partial charge in [-0.3, -0.25) is 0 Å². The third-order valence-corrected chi connectivity index (χ3v) is 4.27. The van der Waals surface area contributed by atoms with E-state index in [1.54, 1.807) is 0 Å². The van der Waals surface area contributed by atoms with Gasteiger partial charge in [0.1, 0.15) is 5.60 Å². The van der Waals surface area contributed by atoms with E-state index in [9.17, 15) is 4.79 Å². The molecule has 0 aromatic heterocycles. The molecular weight excluding hydrogens is 266 g/mol. The first-order valence-electron chi connectivity index (χ1n) is 7.94. The summed E-state index contributed by atoms with van der Waals surface area (Å²) in [5.74, 6) is 0.0338. The third kappa shape index (κ3) is 4.10. The van der Waals surface area contributed by atoms with Crippen molar-refractivity contribution in [2.45, 2.75) is 77.1 Å². The molecule has 3 unspecified atom stereocenters. The lowest BCUT2D eigenvalue weighted by Gasteiger charge is -2.39. The Morgan fingerprint density at radius 3 is 2.43 bits per heavy atom. The van der Waals surface area contributed by atoms with Crippen LogP contribution in [0, 0.1) is 17.2 Å². The Balaban J connectivity index is 1.90. The fourth-order valence-corrected chi connectivity index (χ4v) is 3.35. The number of amides is 1. The van der Waals surface area contributed by atoms with Gasteiger partial charge in [-0.25, -0.2) is 4.79 Å². The van der Waals surface area contributed by atoms with Gasteiger partial charge in [0.25, 0.3) is 0 Å². The molecule has 118 valence electrons. The highest BCUT2D eigenvalue weighted by Crippen LogP contribution is 2.36. The minimum Gasteiger partial charge on any atom is -0.444 e. The Morgan fingerprint density at radius 2 is 1.95 bits per heavy atom. The summed E-state index contributed by atoms with van der Waals surface area (Å²) in [4.78, 5) is 14.3. The first-order chi connectivity index (χ1) is 9.80. The maximum atomic E-state index is 12.3. The van der Waals surface area contributed by atoms with Crippen LogP contribution in [0.15, 0.2) is 0 Å². The van der Waals surface area contributed by atoms with Gasteiger partial charge >= 0.3 is 6.09 Å². The highest BCUT2D eigenvalue weighted by atomic mass is 16.6. The normalized spacial score (nSPS) is 29.9. The van der Waals surface area contributed by atoms with Crippen LogP contribution in [-0.4, -0.2) is 41.3 Å². The second-order valence-electron chi connectivity index (χ2n) is 7.38. The van der Waals surface area contributed by atoms with Crippen LogP contribution in [0.1, 0.15) is 53.4 Å². The molecule has 2 heterocycles. The molecule has 3 atom stereocenters. The van der Waals surface area contributed by atoms with Crippen LogP contribution in [0.3, 0.4) is 0 Å². The molecule has 1 N–H and O–H groups in total. The van der Waals surface area contributed by atoms with Crippen LogP contribution in [0.4, 0.5) is 4.79 Å². The highest BCUT2D eigenvalue weighted by molar-refractivity contribution is 5.69. The molecule has 5 nitrogen and oxygen atoms in total. The topological polar surface area (TPSA) is 65.4 Å². The number of hydrogen-bond donors (Lipinski definition) is 1. The van der Waals surface area contributed by atoms with Crippen LogP contribution >= 0.6 is 0 Å². The zero-order chi connectivity index (χ0) is 15.6. The van der Waals surface area contributed by atoms with E-state index in [1.807, 2.05) is 32.6 Å². The predicted molar refractivity (Wildman–Crippen MR) is 80.7 cm³/mol. The summed E-state index contributed by atoms with van der Waals surface area (Å²) in [6.45, 7) is 8.38. The van der Waals surface area contributed by atoms with Gasteiger partial charge in [-0.1, -0.05) is 0 Å². The summed E-state index contributed by atoms with van der Waals surface area (Å²) in [5, 5.41) is 12.3. The van der Waals surface area contributed by atoms with E-state index in [0.717, 1.165) is 32.2 Å². The molecular formula is C16H27N3O2. The number of hydrogen-bond acceptors (Lipinski definition) is 4. The van der Waals surface area contributed by atoms with Crippen LogP contribution in [-0.2, 0) is 4.74 Å². The second-order valence-corrected chi connectivity index (χ2v) is 7.38. The van der Waals surface area contributed by atoms with Crippen molar-refractivity contribution in [2.75, 3.05) is 6.54 Å². The smallest absolute Gasteiger partial charge is 0.410 e. The Labute approximate surface area is 127 Å². The minimum absolute atomic E-state index is 0.0338. The summed E-state index contributed by atoms with van der Waals surface area (Å²) in [5.41, 5.74) is -0.437. The number of piperidine rings is 1. The van der Waals surface area contributed by atoms with E-state index in [4.69, 9.17) is 10.00 Å². The Hall–Kier alpha value is -1.28. The molecule has 0 saturated carbocycles. The van der Waals surface area contributed by atoms with E-state index in [0.29, 0.717) is 6.04 Å². The number of nitrogens with zero attached hydrogens (tertiary/aromatic N) is 2. The maximum Gasteiger partial charge on any atom is 0.410 e. The summed E-state index contributed by atoms with van der Waals surface area (Å²) < 4.78 is 5.53. The number of ether oxygens (including phenoxy) is 1. The Morgan fingerprint density at radius 1 is 1.38 bits per heavy atom. The number of carbonyl (C=O) groups is 1. The van der Waals surface area contributed by atoms with Crippen LogP contribution in [0.2, 0.25) is 0 Å². The van der Waals surface area contributed by atoms with E-state index in [2.05, 4.69) is 11.4 Å². The van der Waals surface area contributed by atoms with E-state index < -0.39 is 5.60 Å². The summed E-state index contributed by atoms with van der Waals surface area (Å²) in [7, 11) is 0. The molecule has 2 fully saturated rings. The molecule has 0 aliphatic carbocycles. The van der Waals surface area contributed by atoms with Gasteiger partial charge in [0.15, 0.2) is 0 Å². The van der Waals surface area contributed by atoms with E-state index in [-0.39, 0.29) is 24.1 Å². The third-order valence-electron chi connectivity index (χ3n) is 4.27. The molecule has 0 spiro atoms. The van der Waals surface area contributed by atoms with Gasteiger partial charge in [0, 0.05) is 24.7 Å². The molecule has 1 amide bonds. The van der Waals surface area contributed by atoms with E-state index in [1.165, 1.54) is 0 Å². The van der Waals surface area contributed by atoms with Crippen LogP contribution in [0.25, 0.3) is 0 Å². The monoisotopic (exact) mass is 293 g/mol. The largest absolute Gasteiger partial charge is 0.444 e. The molecule has 2 saturated heterocycles. The quantitative estimate of drug-likeness (QED) is 0.869. The number of nitrogens with one attached hydrogen (secondary N) is 1. The minimum atomic E-state index is -0.437. The van der Waals surface area contributed by atoms with Crippen molar-refractivity contribution in [1.82, 2.24) is 10.2 Å². The molecule has 5 heteroatoms. The lowest BCUT2D eigenvalue weighted by Crippen LogP contribution is -2.53. The lowest BCUT2D eigenvalue weighted by atomic mass is 9.97. The molecule has 0 aromatic rings. The molecule has 2 aliphatic heterocycles. The van der Waals surface area contributed by atoms with Crippen molar-refractivity contribution in [2.24, 2.45) is 5.92 Å². The predicted octanol–water partition coefficient (Wildman–Crippen LogP) is 2.67. The standard InChI is InChI=1S/C16H27N3O2/c1-11(9-17)10-18-12-7-13-5-6-14(8-12)19(13)15(20)21-16(2,3)4/h11-14,18H,5-8,10H2,1-4H3. The first kappa shape index (κ1) is 16.1. The first-order valence-corrected chi connectivity index (χ1v) is 7.94. The van der Waals surface area contributed by atoms with Crippen molar-refractivity contribution in [3.63, 3.8) is 0 Å². The van der Waals surface area contributed by atoms with Crippen LogP contribution < -0.4 is 5.32 Å². The zero-order valence-corrected chi connectivity index (χ0v) is 13.6. The fourth-order valence-electron chi connectivity index (χ4n) is 3.35. The van der Waals surface area contributed by atoms with Crippen molar-refractivity contribution in [3.8, 4) is 6.07 Å². The molecule has 0 aromatic carbocycles. The number of rotatable bonds is 3. The van der Waals surface area contributed by atoms with Crippen LogP contribution in [0.5, 0.6) is 0 Å². The fraction of sp³-hybridized carbons (Fsp3) is 0.875. The summed E-state index contributed by atoms with van der Waals surface area (Å²) >= 11 is 0. The molecule has 0 radical (unpaired) electrons. The van der Waals surface area contributed by atoms with E-state index >= 15 is 0 Å². The van der Waals surface area contributed by atoms with Gasteiger partial charge < -0.3 is 15.0 Å². The highest BCUT2D eigenvalue weighted by Gasteiger charge is 2.44. The van der Waals surface area contributed by atoms with Gasteiger partial charge in [-0.05, 0) is 53.4 Å². The number of fused-ring (bicyclic) bond motifs is 2.